The predicted molar refractivity (Wildman–Crippen MR) is 56.8 cm³/mol. The molecule has 0 unspecified atom stereocenters. The first-order valence-electron chi connectivity index (χ1n) is 4.24. The number of pyridine rings is 1. The summed E-state index contributed by atoms with van der Waals surface area (Å²) in [5, 5.41) is 1.31. The van der Waals surface area contributed by atoms with Crippen LogP contribution in [0.4, 0.5) is 0 Å². The van der Waals surface area contributed by atoms with Crippen LogP contribution in [0.5, 0.6) is 0 Å². The highest BCUT2D eigenvalue weighted by atomic mass is 35.5. The third-order valence-electron chi connectivity index (χ3n) is 2.09. The first-order valence-corrected chi connectivity index (χ1v) is 4.62. The van der Waals surface area contributed by atoms with Gasteiger partial charge in [-0.15, -0.1) is 0 Å². The largest absolute Gasteiger partial charge is 0.294 e. The van der Waals surface area contributed by atoms with E-state index in [1.807, 2.05) is 24.3 Å². The Kier molecular flexibility index (Phi) is 2.22. The average molecular weight is 206 g/mol. The molecule has 14 heavy (non-hydrogen) atoms. The first-order chi connectivity index (χ1) is 6.70. The molecule has 3 heteroatoms. The molecule has 70 valence electrons. The summed E-state index contributed by atoms with van der Waals surface area (Å²) in [5.74, 6) is -0.0618. The van der Waals surface area contributed by atoms with Gasteiger partial charge in [-0.05, 0) is 13.0 Å². The SMILES string of the molecule is CC(=O)c1cnc2ccccc2c1Cl. The summed E-state index contributed by atoms with van der Waals surface area (Å²) in [4.78, 5) is 15.3. The molecule has 1 aromatic carbocycles. The normalized spacial score (nSPS) is 10.4. The zero-order chi connectivity index (χ0) is 10.1. The number of carbonyl (C=O) groups excluding carboxylic acids is 1. The minimum atomic E-state index is -0.0618. The molecule has 0 bridgehead atoms. The van der Waals surface area contributed by atoms with Gasteiger partial charge in [-0.2, -0.15) is 0 Å². The van der Waals surface area contributed by atoms with Crippen molar-refractivity contribution in [2.45, 2.75) is 6.92 Å². The molecule has 0 saturated heterocycles. The number of fused-ring (bicyclic) bond motifs is 1. The molecule has 0 N–H and O–H groups in total. The van der Waals surface area contributed by atoms with Crippen molar-refractivity contribution in [3.8, 4) is 0 Å². The number of halogens is 1. The fourth-order valence-electron chi connectivity index (χ4n) is 1.35. The van der Waals surface area contributed by atoms with Gasteiger partial charge in [0, 0.05) is 11.6 Å². The van der Waals surface area contributed by atoms with Gasteiger partial charge in [-0.3, -0.25) is 9.78 Å². The second-order valence-corrected chi connectivity index (χ2v) is 3.44. The number of Topliss-reactive ketones (excluding diaryl/α,β-unsaturated/α-hetero) is 1. The fraction of sp³-hybridized carbons (Fsp3) is 0.0909. The molecular formula is C11H8ClNO. The van der Waals surface area contributed by atoms with Crippen molar-refractivity contribution in [1.82, 2.24) is 4.98 Å². The molecule has 0 radical (unpaired) electrons. The lowest BCUT2D eigenvalue weighted by Crippen LogP contribution is -1.95. The van der Waals surface area contributed by atoms with Gasteiger partial charge in [-0.25, -0.2) is 0 Å². The second kappa shape index (κ2) is 3.39. The van der Waals surface area contributed by atoms with Crippen LogP contribution in [0.3, 0.4) is 0 Å². The summed E-state index contributed by atoms with van der Waals surface area (Å²) >= 11 is 6.08. The minimum absolute atomic E-state index is 0.0618. The Hall–Kier alpha value is -1.41. The highest BCUT2D eigenvalue weighted by Crippen LogP contribution is 2.25. The highest BCUT2D eigenvalue weighted by molar-refractivity contribution is 6.38. The van der Waals surface area contributed by atoms with Crippen LogP contribution in [-0.4, -0.2) is 10.8 Å². The number of para-hydroxylation sites is 1. The van der Waals surface area contributed by atoms with E-state index in [1.54, 1.807) is 0 Å². The van der Waals surface area contributed by atoms with Crippen molar-refractivity contribution in [2.24, 2.45) is 0 Å². The molecule has 2 rings (SSSR count). The number of hydrogen-bond donors (Lipinski definition) is 0. The molecule has 0 spiro atoms. The predicted octanol–water partition coefficient (Wildman–Crippen LogP) is 3.09. The van der Waals surface area contributed by atoms with Gasteiger partial charge in [0.2, 0.25) is 0 Å². The van der Waals surface area contributed by atoms with Crippen LogP contribution in [0.2, 0.25) is 5.02 Å². The van der Waals surface area contributed by atoms with Gasteiger partial charge in [0.1, 0.15) is 0 Å². The maximum atomic E-state index is 11.2. The zero-order valence-electron chi connectivity index (χ0n) is 7.62. The van der Waals surface area contributed by atoms with Gasteiger partial charge < -0.3 is 0 Å². The average Bonchev–Trinajstić information content (AvgIpc) is 2.18. The Morgan fingerprint density at radius 3 is 2.79 bits per heavy atom. The van der Waals surface area contributed by atoms with E-state index in [1.165, 1.54) is 13.1 Å². The van der Waals surface area contributed by atoms with Crippen LogP contribution in [0.1, 0.15) is 17.3 Å². The van der Waals surface area contributed by atoms with Crippen LogP contribution in [-0.2, 0) is 0 Å². The molecule has 0 amide bonds. The third kappa shape index (κ3) is 1.38. The molecular weight excluding hydrogens is 198 g/mol. The number of carbonyl (C=O) groups is 1. The van der Waals surface area contributed by atoms with Crippen LogP contribution in [0.25, 0.3) is 10.9 Å². The Bertz CT molecular complexity index is 508. The van der Waals surface area contributed by atoms with E-state index in [9.17, 15) is 4.79 Å². The lowest BCUT2D eigenvalue weighted by Gasteiger charge is -2.03. The van der Waals surface area contributed by atoms with Crippen molar-refractivity contribution in [3.63, 3.8) is 0 Å². The van der Waals surface area contributed by atoms with Crippen molar-refractivity contribution in [3.05, 3.63) is 41.0 Å². The van der Waals surface area contributed by atoms with Gasteiger partial charge in [-0.1, -0.05) is 29.8 Å². The van der Waals surface area contributed by atoms with Crippen molar-refractivity contribution < 1.29 is 4.79 Å². The Balaban J connectivity index is 2.81. The van der Waals surface area contributed by atoms with Crippen molar-refractivity contribution >= 4 is 28.3 Å². The molecule has 0 aliphatic heterocycles. The number of hydrogen-bond acceptors (Lipinski definition) is 2. The Morgan fingerprint density at radius 2 is 2.07 bits per heavy atom. The molecule has 0 aliphatic carbocycles. The molecule has 1 heterocycles. The maximum absolute atomic E-state index is 11.2. The van der Waals surface area contributed by atoms with E-state index in [4.69, 9.17) is 11.6 Å². The first kappa shape index (κ1) is 9.16. The van der Waals surface area contributed by atoms with E-state index in [0.29, 0.717) is 10.6 Å². The molecule has 0 atom stereocenters. The second-order valence-electron chi connectivity index (χ2n) is 3.06. The van der Waals surface area contributed by atoms with Crippen LogP contribution in [0, 0.1) is 0 Å². The standard InChI is InChI=1S/C11H8ClNO/c1-7(14)9-6-13-10-5-3-2-4-8(10)11(9)12/h2-6H,1H3. The number of ketones is 1. The third-order valence-corrected chi connectivity index (χ3v) is 2.50. The summed E-state index contributed by atoms with van der Waals surface area (Å²) in [6, 6.07) is 7.49. The summed E-state index contributed by atoms with van der Waals surface area (Å²) < 4.78 is 0. The number of aromatic nitrogens is 1. The summed E-state index contributed by atoms with van der Waals surface area (Å²) in [6.45, 7) is 1.48. The summed E-state index contributed by atoms with van der Waals surface area (Å²) in [6.07, 6.45) is 1.52. The van der Waals surface area contributed by atoms with Gasteiger partial charge in [0.25, 0.3) is 0 Å². The quantitative estimate of drug-likeness (QED) is 0.670. The number of rotatable bonds is 1. The van der Waals surface area contributed by atoms with Crippen molar-refractivity contribution in [2.75, 3.05) is 0 Å². The molecule has 0 fully saturated rings. The van der Waals surface area contributed by atoms with Crippen LogP contribution >= 0.6 is 11.6 Å². The summed E-state index contributed by atoms with van der Waals surface area (Å²) in [5.41, 5.74) is 1.29. The van der Waals surface area contributed by atoms with Gasteiger partial charge in [0.05, 0.1) is 16.1 Å². The minimum Gasteiger partial charge on any atom is -0.294 e. The number of benzene rings is 1. The van der Waals surface area contributed by atoms with Crippen LogP contribution in [0.15, 0.2) is 30.5 Å². The highest BCUT2D eigenvalue weighted by Gasteiger charge is 2.09. The van der Waals surface area contributed by atoms with Crippen LogP contribution < -0.4 is 0 Å². The van der Waals surface area contributed by atoms with E-state index in [-0.39, 0.29) is 5.78 Å². The number of nitrogens with zero attached hydrogens (tertiary/aromatic N) is 1. The molecule has 1 aromatic heterocycles. The lowest BCUT2D eigenvalue weighted by molar-refractivity contribution is 0.101. The Labute approximate surface area is 86.5 Å². The van der Waals surface area contributed by atoms with Crippen molar-refractivity contribution in [1.29, 1.82) is 0 Å². The van der Waals surface area contributed by atoms with Gasteiger partial charge >= 0.3 is 0 Å². The monoisotopic (exact) mass is 205 g/mol. The van der Waals surface area contributed by atoms with E-state index in [0.717, 1.165) is 10.9 Å². The van der Waals surface area contributed by atoms with E-state index in [2.05, 4.69) is 4.98 Å². The maximum Gasteiger partial charge on any atom is 0.162 e. The van der Waals surface area contributed by atoms with E-state index >= 15 is 0 Å². The Morgan fingerprint density at radius 1 is 1.36 bits per heavy atom. The molecule has 2 aromatic rings. The van der Waals surface area contributed by atoms with Gasteiger partial charge in [0.15, 0.2) is 5.78 Å². The topological polar surface area (TPSA) is 30.0 Å². The smallest absolute Gasteiger partial charge is 0.162 e. The molecule has 2 nitrogen and oxygen atoms in total. The molecule has 0 saturated carbocycles. The summed E-state index contributed by atoms with van der Waals surface area (Å²) in [7, 11) is 0. The van der Waals surface area contributed by atoms with E-state index < -0.39 is 0 Å². The fourth-order valence-corrected chi connectivity index (χ4v) is 1.69. The lowest BCUT2D eigenvalue weighted by atomic mass is 10.1. The zero-order valence-corrected chi connectivity index (χ0v) is 8.38. The molecule has 0 aliphatic rings.